The molecule has 1 amide bonds. The van der Waals surface area contributed by atoms with E-state index in [0.29, 0.717) is 15.2 Å². The molecule has 20 heavy (non-hydrogen) atoms. The summed E-state index contributed by atoms with van der Waals surface area (Å²) in [4.78, 5) is 12.2. The molecule has 6 heteroatoms. The Kier molecular flexibility index (Phi) is 4.30. The first-order chi connectivity index (χ1) is 9.38. The fraction of sp³-hybridized carbons (Fsp3) is 0.0714. The Bertz CT molecular complexity index is 691. The number of rotatable bonds is 2. The molecular formula is C14H11BrClFN2O. The Hall–Kier alpha value is -1.59. The molecule has 3 N–H and O–H groups in total. The van der Waals surface area contributed by atoms with Gasteiger partial charge in [0.05, 0.1) is 11.3 Å². The van der Waals surface area contributed by atoms with Crippen LogP contribution in [0.5, 0.6) is 0 Å². The molecule has 0 heterocycles. The molecule has 2 aromatic rings. The molecule has 0 aromatic heterocycles. The standard InChI is InChI=1S/C14H11BrClFN2O/c1-7-2-3-8(16)4-13(7)19-14(20)9-5-12(18)11(17)6-10(9)15/h2-6H,18H2,1H3,(H,19,20). The van der Waals surface area contributed by atoms with Crippen molar-refractivity contribution in [3.05, 3.63) is 56.8 Å². The minimum atomic E-state index is -0.577. The van der Waals surface area contributed by atoms with E-state index in [4.69, 9.17) is 17.3 Å². The third-order valence-electron chi connectivity index (χ3n) is 2.78. The Labute approximate surface area is 129 Å². The van der Waals surface area contributed by atoms with Gasteiger partial charge in [-0.3, -0.25) is 4.79 Å². The molecule has 2 rings (SSSR count). The number of benzene rings is 2. The minimum Gasteiger partial charge on any atom is -0.396 e. The summed E-state index contributed by atoms with van der Waals surface area (Å²) in [5.74, 6) is -0.971. The Morgan fingerprint density at radius 1 is 1.35 bits per heavy atom. The summed E-state index contributed by atoms with van der Waals surface area (Å²) in [6.45, 7) is 1.85. The molecule has 0 saturated carbocycles. The summed E-state index contributed by atoms with van der Waals surface area (Å²) in [6, 6.07) is 7.63. The summed E-state index contributed by atoms with van der Waals surface area (Å²) in [5, 5.41) is 3.24. The summed E-state index contributed by atoms with van der Waals surface area (Å²) >= 11 is 9.04. The highest BCUT2D eigenvalue weighted by molar-refractivity contribution is 9.10. The number of carbonyl (C=O) groups excluding carboxylic acids is 1. The molecule has 2 aromatic carbocycles. The van der Waals surface area contributed by atoms with Gasteiger partial charge in [-0.05, 0) is 52.7 Å². The number of carbonyl (C=O) groups is 1. The van der Waals surface area contributed by atoms with Crippen LogP contribution in [-0.2, 0) is 0 Å². The maximum Gasteiger partial charge on any atom is 0.256 e. The van der Waals surface area contributed by atoms with Crippen LogP contribution in [0.25, 0.3) is 0 Å². The highest BCUT2D eigenvalue weighted by Crippen LogP contribution is 2.25. The highest BCUT2D eigenvalue weighted by atomic mass is 79.9. The van der Waals surface area contributed by atoms with E-state index in [9.17, 15) is 9.18 Å². The third-order valence-corrected chi connectivity index (χ3v) is 3.67. The molecule has 0 saturated heterocycles. The zero-order valence-electron chi connectivity index (χ0n) is 10.5. The molecule has 0 radical (unpaired) electrons. The largest absolute Gasteiger partial charge is 0.396 e. The zero-order chi connectivity index (χ0) is 14.9. The molecule has 0 bridgehead atoms. The second-order valence-electron chi connectivity index (χ2n) is 4.27. The lowest BCUT2D eigenvalue weighted by Gasteiger charge is -2.11. The number of hydrogen-bond donors (Lipinski definition) is 2. The fourth-order valence-electron chi connectivity index (χ4n) is 1.66. The number of aryl methyl sites for hydroxylation is 1. The van der Waals surface area contributed by atoms with Gasteiger partial charge in [-0.25, -0.2) is 4.39 Å². The van der Waals surface area contributed by atoms with Crippen LogP contribution in [0, 0.1) is 12.7 Å². The van der Waals surface area contributed by atoms with Gasteiger partial charge in [0.1, 0.15) is 5.82 Å². The van der Waals surface area contributed by atoms with Crippen LogP contribution in [-0.4, -0.2) is 5.91 Å². The number of nitrogen functional groups attached to an aromatic ring is 1. The Balaban J connectivity index is 2.33. The van der Waals surface area contributed by atoms with Crippen molar-refractivity contribution in [2.24, 2.45) is 0 Å². The molecule has 0 aliphatic carbocycles. The van der Waals surface area contributed by atoms with E-state index in [0.717, 1.165) is 11.6 Å². The van der Waals surface area contributed by atoms with Crippen LogP contribution < -0.4 is 11.1 Å². The van der Waals surface area contributed by atoms with Crippen molar-refractivity contribution in [1.82, 2.24) is 0 Å². The van der Waals surface area contributed by atoms with E-state index in [2.05, 4.69) is 21.2 Å². The molecule has 0 atom stereocenters. The van der Waals surface area contributed by atoms with E-state index in [1.165, 1.54) is 6.07 Å². The zero-order valence-corrected chi connectivity index (χ0v) is 12.8. The Morgan fingerprint density at radius 2 is 2.05 bits per heavy atom. The first-order valence-corrected chi connectivity index (χ1v) is 6.87. The predicted octanol–water partition coefficient (Wildman–Crippen LogP) is 4.38. The van der Waals surface area contributed by atoms with Gasteiger partial charge < -0.3 is 11.1 Å². The van der Waals surface area contributed by atoms with Crippen molar-refractivity contribution >= 4 is 44.8 Å². The number of anilines is 2. The quantitative estimate of drug-likeness (QED) is 0.783. The molecular weight excluding hydrogens is 347 g/mol. The van der Waals surface area contributed by atoms with Crippen molar-refractivity contribution in [2.75, 3.05) is 11.1 Å². The predicted molar refractivity (Wildman–Crippen MR) is 82.7 cm³/mol. The normalized spacial score (nSPS) is 10.4. The van der Waals surface area contributed by atoms with Gasteiger partial charge >= 0.3 is 0 Å². The topological polar surface area (TPSA) is 55.1 Å². The van der Waals surface area contributed by atoms with Crippen molar-refractivity contribution in [1.29, 1.82) is 0 Å². The molecule has 0 aliphatic rings. The Morgan fingerprint density at radius 3 is 2.75 bits per heavy atom. The van der Waals surface area contributed by atoms with Gasteiger partial charge in [0, 0.05) is 15.2 Å². The van der Waals surface area contributed by atoms with E-state index in [-0.39, 0.29) is 11.3 Å². The fourth-order valence-corrected chi connectivity index (χ4v) is 2.33. The third kappa shape index (κ3) is 3.11. The minimum absolute atomic E-state index is 0.0823. The van der Waals surface area contributed by atoms with Gasteiger partial charge in [-0.15, -0.1) is 0 Å². The lowest BCUT2D eigenvalue weighted by Crippen LogP contribution is -2.14. The van der Waals surface area contributed by atoms with Crippen molar-refractivity contribution < 1.29 is 9.18 Å². The van der Waals surface area contributed by atoms with Gasteiger partial charge in [-0.1, -0.05) is 17.7 Å². The van der Waals surface area contributed by atoms with E-state index in [1.807, 2.05) is 6.92 Å². The highest BCUT2D eigenvalue weighted by Gasteiger charge is 2.14. The molecule has 0 aliphatic heterocycles. The van der Waals surface area contributed by atoms with Crippen LogP contribution >= 0.6 is 27.5 Å². The maximum absolute atomic E-state index is 13.3. The molecule has 0 fully saturated rings. The number of hydrogen-bond acceptors (Lipinski definition) is 2. The lowest BCUT2D eigenvalue weighted by molar-refractivity contribution is 0.102. The smallest absolute Gasteiger partial charge is 0.256 e. The summed E-state index contributed by atoms with van der Waals surface area (Å²) < 4.78 is 13.6. The SMILES string of the molecule is Cc1ccc(Cl)cc1NC(=O)c1cc(N)c(F)cc1Br. The lowest BCUT2D eigenvalue weighted by atomic mass is 10.1. The first-order valence-electron chi connectivity index (χ1n) is 5.70. The number of halogens is 3. The van der Waals surface area contributed by atoms with Gasteiger partial charge in [0.25, 0.3) is 5.91 Å². The van der Waals surface area contributed by atoms with Crippen LogP contribution in [0.2, 0.25) is 5.02 Å². The van der Waals surface area contributed by atoms with E-state index in [1.54, 1.807) is 18.2 Å². The summed E-state index contributed by atoms with van der Waals surface area (Å²) in [7, 11) is 0. The van der Waals surface area contributed by atoms with Gasteiger partial charge in [0.15, 0.2) is 0 Å². The molecule has 3 nitrogen and oxygen atoms in total. The van der Waals surface area contributed by atoms with Gasteiger partial charge in [-0.2, -0.15) is 0 Å². The van der Waals surface area contributed by atoms with E-state index < -0.39 is 11.7 Å². The first kappa shape index (κ1) is 14.8. The second kappa shape index (κ2) is 5.81. The average Bonchev–Trinajstić information content (AvgIpc) is 2.38. The van der Waals surface area contributed by atoms with Crippen LogP contribution in [0.1, 0.15) is 15.9 Å². The van der Waals surface area contributed by atoms with Crippen molar-refractivity contribution in [2.45, 2.75) is 6.92 Å². The van der Waals surface area contributed by atoms with Crippen LogP contribution in [0.3, 0.4) is 0 Å². The van der Waals surface area contributed by atoms with Crippen molar-refractivity contribution in [3.63, 3.8) is 0 Å². The number of amides is 1. The molecule has 0 unspecified atom stereocenters. The molecule has 0 spiro atoms. The second-order valence-corrected chi connectivity index (χ2v) is 5.56. The van der Waals surface area contributed by atoms with Crippen molar-refractivity contribution in [3.8, 4) is 0 Å². The monoisotopic (exact) mass is 356 g/mol. The number of nitrogens with two attached hydrogens (primary N) is 1. The van der Waals surface area contributed by atoms with Crippen LogP contribution in [0.4, 0.5) is 15.8 Å². The van der Waals surface area contributed by atoms with Gasteiger partial charge in [0.2, 0.25) is 0 Å². The summed E-state index contributed by atoms with van der Waals surface area (Å²) in [5.41, 5.74) is 7.11. The van der Waals surface area contributed by atoms with E-state index >= 15 is 0 Å². The summed E-state index contributed by atoms with van der Waals surface area (Å²) in [6.07, 6.45) is 0. The average molecular weight is 358 g/mol. The molecule has 104 valence electrons. The number of nitrogens with one attached hydrogen (secondary N) is 1. The maximum atomic E-state index is 13.3. The van der Waals surface area contributed by atoms with Crippen LogP contribution in [0.15, 0.2) is 34.8 Å².